The first-order valence-corrected chi connectivity index (χ1v) is 6.80. The first kappa shape index (κ1) is 13.3. The van der Waals surface area contributed by atoms with Crippen molar-refractivity contribution in [2.24, 2.45) is 5.73 Å². The van der Waals surface area contributed by atoms with E-state index in [0.29, 0.717) is 4.99 Å². The lowest BCUT2D eigenvalue weighted by Crippen LogP contribution is -2.30. The van der Waals surface area contributed by atoms with Gasteiger partial charge in [0.25, 0.3) is 0 Å². The number of benzene rings is 1. The highest BCUT2D eigenvalue weighted by molar-refractivity contribution is 9.10. The van der Waals surface area contributed by atoms with Crippen LogP contribution in [0.15, 0.2) is 22.7 Å². The molecule has 0 aromatic heterocycles. The summed E-state index contributed by atoms with van der Waals surface area (Å²) < 4.78 is 0.832. The minimum atomic E-state index is -0.141. The Morgan fingerprint density at radius 3 is 2.83 bits per heavy atom. The van der Waals surface area contributed by atoms with Gasteiger partial charge in [0.05, 0.1) is 0 Å². The van der Waals surface area contributed by atoms with Gasteiger partial charge in [-0.2, -0.15) is 0 Å². The van der Waals surface area contributed by atoms with Gasteiger partial charge in [0, 0.05) is 29.3 Å². The van der Waals surface area contributed by atoms with Crippen LogP contribution in [-0.2, 0) is 4.79 Å². The number of halogens is 1. The zero-order valence-electron chi connectivity index (χ0n) is 9.94. The maximum absolute atomic E-state index is 11.8. The SMILES string of the molecule is CN1CCC(Nc2ccc(C(N)=S)c(Br)c2)C1=O. The van der Waals surface area contributed by atoms with Crippen LogP contribution in [0.3, 0.4) is 0 Å². The van der Waals surface area contributed by atoms with E-state index in [-0.39, 0.29) is 11.9 Å². The summed E-state index contributed by atoms with van der Waals surface area (Å²) in [5.41, 5.74) is 7.27. The van der Waals surface area contributed by atoms with E-state index < -0.39 is 0 Å². The van der Waals surface area contributed by atoms with Gasteiger partial charge in [-0.3, -0.25) is 4.79 Å². The molecule has 1 saturated heterocycles. The predicted octanol–water partition coefficient (Wildman–Crippen LogP) is 1.73. The lowest BCUT2D eigenvalue weighted by Gasteiger charge is -2.14. The molecule has 0 bridgehead atoms. The molecule has 4 nitrogen and oxygen atoms in total. The van der Waals surface area contributed by atoms with Crippen LogP contribution in [0.25, 0.3) is 0 Å². The lowest BCUT2D eigenvalue weighted by molar-refractivity contribution is -0.127. The van der Waals surface area contributed by atoms with Gasteiger partial charge < -0.3 is 16.0 Å². The monoisotopic (exact) mass is 327 g/mol. The van der Waals surface area contributed by atoms with Crippen LogP contribution in [-0.4, -0.2) is 35.4 Å². The fraction of sp³-hybridized carbons (Fsp3) is 0.333. The minimum absolute atomic E-state index is 0.129. The second-order valence-electron chi connectivity index (χ2n) is 4.30. The third-order valence-corrected chi connectivity index (χ3v) is 3.88. The molecule has 1 amide bonds. The maximum atomic E-state index is 11.8. The van der Waals surface area contributed by atoms with Crippen molar-refractivity contribution in [3.8, 4) is 0 Å². The number of hydrogen-bond donors (Lipinski definition) is 2. The van der Waals surface area contributed by atoms with Crippen LogP contribution >= 0.6 is 28.1 Å². The number of likely N-dealkylation sites (N-methyl/N-ethyl adjacent to an activating group) is 1. The first-order valence-electron chi connectivity index (χ1n) is 5.60. The smallest absolute Gasteiger partial charge is 0.244 e. The molecule has 1 aromatic rings. The zero-order valence-corrected chi connectivity index (χ0v) is 12.3. The van der Waals surface area contributed by atoms with Crippen LogP contribution in [0, 0.1) is 0 Å². The fourth-order valence-corrected chi connectivity index (χ4v) is 2.86. The Balaban J connectivity index is 2.14. The molecule has 1 aromatic carbocycles. The molecule has 18 heavy (non-hydrogen) atoms. The molecule has 1 atom stereocenters. The lowest BCUT2D eigenvalue weighted by atomic mass is 10.2. The van der Waals surface area contributed by atoms with Crippen molar-refractivity contribution in [3.05, 3.63) is 28.2 Å². The molecule has 1 unspecified atom stereocenters. The van der Waals surface area contributed by atoms with E-state index in [1.807, 2.05) is 25.2 Å². The molecule has 96 valence electrons. The maximum Gasteiger partial charge on any atom is 0.244 e. The van der Waals surface area contributed by atoms with Gasteiger partial charge in [-0.15, -0.1) is 0 Å². The third-order valence-electron chi connectivity index (χ3n) is 3.00. The number of nitrogens with zero attached hydrogens (tertiary/aromatic N) is 1. The Morgan fingerprint density at radius 2 is 2.33 bits per heavy atom. The zero-order chi connectivity index (χ0) is 13.3. The Morgan fingerprint density at radius 1 is 1.61 bits per heavy atom. The van der Waals surface area contributed by atoms with Crippen molar-refractivity contribution in [2.45, 2.75) is 12.5 Å². The molecule has 3 N–H and O–H groups in total. The number of thiocarbonyl (C=S) groups is 1. The summed E-state index contributed by atoms with van der Waals surface area (Å²) in [6.45, 7) is 0.794. The molecular weight excluding hydrogens is 314 g/mol. The average molecular weight is 328 g/mol. The molecule has 1 fully saturated rings. The molecule has 1 heterocycles. The van der Waals surface area contributed by atoms with Crippen molar-refractivity contribution < 1.29 is 4.79 Å². The van der Waals surface area contributed by atoms with Gasteiger partial charge in [0.2, 0.25) is 5.91 Å². The van der Waals surface area contributed by atoms with Crippen molar-refractivity contribution in [1.29, 1.82) is 0 Å². The standard InChI is InChI=1S/C12H14BrN3OS/c1-16-5-4-10(12(16)17)15-7-2-3-8(11(14)18)9(13)6-7/h2-3,6,10,15H,4-5H2,1H3,(H2,14,18). The molecule has 1 aliphatic heterocycles. The number of likely N-dealkylation sites (tertiary alicyclic amines) is 1. The Labute approximate surface area is 120 Å². The highest BCUT2D eigenvalue weighted by atomic mass is 79.9. The van der Waals surface area contributed by atoms with E-state index in [1.165, 1.54) is 0 Å². The largest absolute Gasteiger partial charge is 0.389 e. The average Bonchev–Trinajstić information content (AvgIpc) is 2.61. The third kappa shape index (κ3) is 2.64. The molecule has 0 spiro atoms. The summed E-state index contributed by atoms with van der Waals surface area (Å²) in [6.07, 6.45) is 0.823. The molecule has 1 aliphatic rings. The van der Waals surface area contributed by atoms with Crippen LogP contribution in [0.4, 0.5) is 5.69 Å². The van der Waals surface area contributed by atoms with E-state index in [4.69, 9.17) is 18.0 Å². The Kier molecular flexibility index (Phi) is 3.87. The van der Waals surface area contributed by atoms with Crippen LogP contribution in [0.2, 0.25) is 0 Å². The summed E-state index contributed by atoms with van der Waals surface area (Å²) in [7, 11) is 1.82. The van der Waals surface area contributed by atoms with Crippen molar-refractivity contribution in [1.82, 2.24) is 4.90 Å². The van der Waals surface area contributed by atoms with Gasteiger partial charge in [-0.05, 0) is 40.5 Å². The summed E-state index contributed by atoms with van der Waals surface area (Å²) in [4.78, 5) is 13.9. The van der Waals surface area contributed by atoms with Gasteiger partial charge in [-0.25, -0.2) is 0 Å². The van der Waals surface area contributed by atoms with Crippen molar-refractivity contribution in [3.63, 3.8) is 0 Å². The van der Waals surface area contributed by atoms with Gasteiger partial charge in [0.15, 0.2) is 0 Å². The molecule has 2 rings (SSSR count). The number of carbonyl (C=O) groups excluding carboxylic acids is 1. The summed E-state index contributed by atoms with van der Waals surface area (Å²) in [5, 5.41) is 3.22. The number of amides is 1. The highest BCUT2D eigenvalue weighted by Crippen LogP contribution is 2.23. The fourth-order valence-electron chi connectivity index (χ4n) is 1.96. The van der Waals surface area contributed by atoms with E-state index in [0.717, 1.165) is 28.7 Å². The second kappa shape index (κ2) is 5.24. The number of anilines is 1. The Bertz CT molecular complexity index is 506. The van der Waals surface area contributed by atoms with E-state index in [1.54, 1.807) is 4.90 Å². The molecule has 0 aliphatic carbocycles. The minimum Gasteiger partial charge on any atom is -0.389 e. The van der Waals surface area contributed by atoms with E-state index in [9.17, 15) is 4.79 Å². The van der Waals surface area contributed by atoms with Gasteiger partial charge in [0.1, 0.15) is 11.0 Å². The normalized spacial score (nSPS) is 19.1. The highest BCUT2D eigenvalue weighted by Gasteiger charge is 2.28. The van der Waals surface area contributed by atoms with Gasteiger partial charge in [-0.1, -0.05) is 12.2 Å². The topological polar surface area (TPSA) is 58.4 Å². The first-order chi connectivity index (χ1) is 8.49. The summed E-state index contributed by atoms with van der Waals surface area (Å²) >= 11 is 8.36. The second-order valence-corrected chi connectivity index (χ2v) is 5.60. The van der Waals surface area contributed by atoms with Crippen molar-refractivity contribution in [2.75, 3.05) is 18.9 Å². The summed E-state index contributed by atoms with van der Waals surface area (Å²) in [5.74, 6) is 0.129. The molecular formula is C12H14BrN3OS. The number of rotatable bonds is 3. The van der Waals surface area contributed by atoms with Crippen LogP contribution < -0.4 is 11.1 Å². The van der Waals surface area contributed by atoms with Crippen LogP contribution in [0.5, 0.6) is 0 Å². The molecule has 0 saturated carbocycles. The quantitative estimate of drug-likeness (QED) is 0.830. The number of hydrogen-bond acceptors (Lipinski definition) is 3. The number of carbonyl (C=O) groups is 1. The Hall–Kier alpha value is -1.14. The van der Waals surface area contributed by atoms with Crippen molar-refractivity contribution >= 4 is 44.7 Å². The predicted molar refractivity (Wildman–Crippen MR) is 79.7 cm³/mol. The summed E-state index contributed by atoms with van der Waals surface area (Å²) in [6, 6.07) is 5.47. The molecule has 6 heteroatoms. The van der Waals surface area contributed by atoms with Crippen LogP contribution in [0.1, 0.15) is 12.0 Å². The number of nitrogens with two attached hydrogens (primary N) is 1. The number of nitrogens with one attached hydrogen (secondary N) is 1. The van der Waals surface area contributed by atoms with E-state index >= 15 is 0 Å². The van der Waals surface area contributed by atoms with E-state index in [2.05, 4.69) is 21.2 Å². The van der Waals surface area contributed by atoms with Gasteiger partial charge >= 0.3 is 0 Å². The molecule has 0 radical (unpaired) electrons.